The number of rotatable bonds is 2. The Kier molecular flexibility index (Phi) is 4.01. The quantitative estimate of drug-likeness (QED) is 0.839. The second kappa shape index (κ2) is 5.54. The zero-order valence-corrected chi connectivity index (χ0v) is 11.0. The van der Waals surface area contributed by atoms with Gasteiger partial charge in [0.25, 0.3) is 0 Å². The third kappa shape index (κ3) is 3.02. The molecule has 0 aliphatic carbocycles. The molecular weight excluding hydrogens is 249 g/mol. The molecule has 19 heavy (non-hydrogen) atoms. The molecule has 0 bridgehead atoms. The van der Waals surface area contributed by atoms with Crippen LogP contribution in [0.3, 0.4) is 0 Å². The third-order valence-corrected chi connectivity index (χ3v) is 3.33. The van der Waals surface area contributed by atoms with Crippen LogP contribution in [0.5, 0.6) is 0 Å². The number of nitrogens with zero attached hydrogens (tertiary/aromatic N) is 2. The van der Waals surface area contributed by atoms with Crippen LogP contribution in [0.2, 0.25) is 0 Å². The molecule has 104 valence electrons. The van der Waals surface area contributed by atoms with Crippen LogP contribution in [0, 0.1) is 5.82 Å². The predicted octanol–water partition coefficient (Wildman–Crippen LogP) is 0.964. The SMILES string of the molecule is CN(C)[C@H]1CN(C(=O)Nc2ccccc2F)C[C@@H]1O. The van der Waals surface area contributed by atoms with Gasteiger partial charge in [0.1, 0.15) is 5.82 Å². The Labute approximate surface area is 111 Å². The van der Waals surface area contributed by atoms with Gasteiger partial charge < -0.3 is 20.2 Å². The molecule has 1 aromatic rings. The number of likely N-dealkylation sites (tertiary alicyclic amines) is 1. The van der Waals surface area contributed by atoms with E-state index >= 15 is 0 Å². The number of halogens is 1. The number of anilines is 1. The molecule has 2 atom stereocenters. The van der Waals surface area contributed by atoms with Crippen molar-refractivity contribution in [3.63, 3.8) is 0 Å². The number of β-amino-alcohol motifs (C(OH)–C–C–N with tert-alkyl or cyclic N) is 1. The van der Waals surface area contributed by atoms with Crippen LogP contribution in [0.25, 0.3) is 0 Å². The van der Waals surface area contributed by atoms with Gasteiger partial charge in [-0.2, -0.15) is 0 Å². The van der Waals surface area contributed by atoms with Gasteiger partial charge >= 0.3 is 6.03 Å². The fraction of sp³-hybridized carbons (Fsp3) is 0.462. The van der Waals surface area contributed by atoms with Crippen LogP contribution < -0.4 is 5.32 Å². The monoisotopic (exact) mass is 267 g/mol. The second-order valence-corrected chi connectivity index (χ2v) is 4.91. The molecule has 1 fully saturated rings. The van der Waals surface area contributed by atoms with Crippen LogP contribution in [0.4, 0.5) is 14.9 Å². The van der Waals surface area contributed by atoms with E-state index in [1.807, 2.05) is 19.0 Å². The molecule has 6 heteroatoms. The van der Waals surface area contributed by atoms with Crippen LogP contribution in [0.15, 0.2) is 24.3 Å². The largest absolute Gasteiger partial charge is 0.390 e. The summed E-state index contributed by atoms with van der Waals surface area (Å²) in [6.45, 7) is 0.678. The van der Waals surface area contributed by atoms with Crippen LogP contribution in [-0.2, 0) is 0 Å². The molecule has 0 aromatic heterocycles. The number of amides is 2. The van der Waals surface area contributed by atoms with Crippen molar-refractivity contribution in [3.05, 3.63) is 30.1 Å². The minimum Gasteiger partial charge on any atom is -0.390 e. The number of urea groups is 1. The van der Waals surface area contributed by atoms with Gasteiger partial charge in [-0.05, 0) is 26.2 Å². The average Bonchev–Trinajstić information content (AvgIpc) is 2.74. The summed E-state index contributed by atoms with van der Waals surface area (Å²) in [6, 6.07) is 5.52. The van der Waals surface area contributed by atoms with Crippen molar-refractivity contribution < 1.29 is 14.3 Å². The Bertz CT molecular complexity index is 467. The smallest absolute Gasteiger partial charge is 0.322 e. The Morgan fingerprint density at radius 3 is 2.68 bits per heavy atom. The maximum absolute atomic E-state index is 13.4. The Morgan fingerprint density at radius 2 is 2.11 bits per heavy atom. The summed E-state index contributed by atoms with van der Waals surface area (Å²) in [5.41, 5.74) is 0.148. The molecule has 1 saturated heterocycles. The highest BCUT2D eigenvalue weighted by Crippen LogP contribution is 2.17. The Hall–Kier alpha value is -1.66. The first kappa shape index (κ1) is 13.8. The summed E-state index contributed by atoms with van der Waals surface area (Å²) in [6.07, 6.45) is -0.582. The molecule has 2 amide bonds. The molecule has 1 aliphatic heterocycles. The number of para-hydroxylation sites is 1. The van der Waals surface area contributed by atoms with Crippen molar-refractivity contribution in [3.8, 4) is 0 Å². The molecule has 0 unspecified atom stereocenters. The molecule has 2 N–H and O–H groups in total. The number of hydrogen-bond acceptors (Lipinski definition) is 3. The maximum Gasteiger partial charge on any atom is 0.322 e. The van der Waals surface area contributed by atoms with Crippen molar-refractivity contribution in [2.24, 2.45) is 0 Å². The molecule has 1 aromatic carbocycles. The molecule has 1 aliphatic rings. The second-order valence-electron chi connectivity index (χ2n) is 4.91. The fourth-order valence-electron chi connectivity index (χ4n) is 2.20. The van der Waals surface area contributed by atoms with Gasteiger partial charge in [0.2, 0.25) is 0 Å². The van der Waals surface area contributed by atoms with Gasteiger partial charge in [0.05, 0.1) is 24.4 Å². The van der Waals surface area contributed by atoms with Gasteiger partial charge in [-0.3, -0.25) is 0 Å². The number of benzene rings is 1. The van der Waals surface area contributed by atoms with E-state index in [9.17, 15) is 14.3 Å². The summed E-state index contributed by atoms with van der Waals surface area (Å²) < 4.78 is 13.4. The number of aliphatic hydroxyl groups is 1. The lowest BCUT2D eigenvalue weighted by atomic mass is 10.2. The van der Waals surface area contributed by atoms with Crippen LogP contribution in [0.1, 0.15) is 0 Å². The van der Waals surface area contributed by atoms with E-state index < -0.39 is 18.0 Å². The van der Waals surface area contributed by atoms with Gasteiger partial charge in [-0.15, -0.1) is 0 Å². The van der Waals surface area contributed by atoms with Crippen LogP contribution in [-0.4, -0.2) is 60.3 Å². The van der Waals surface area contributed by atoms with E-state index in [4.69, 9.17) is 0 Å². The lowest BCUT2D eigenvalue weighted by Gasteiger charge is -2.21. The summed E-state index contributed by atoms with van der Waals surface area (Å²) in [4.78, 5) is 15.4. The van der Waals surface area contributed by atoms with Crippen molar-refractivity contribution in [1.29, 1.82) is 0 Å². The lowest BCUT2D eigenvalue weighted by Crippen LogP contribution is -2.38. The molecular formula is C13H18FN3O2. The van der Waals surface area contributed by atoms with E-state index in [0.717, 1.165) is 0 Å². The average molecular weight is 267 g/mol. The highest BCUT2D eigenvalue weighted by atomic mass is 19.1. The third-order valence-electron chi connectivity index (χ3n) is 3.33. The molecule has 2 rings (SSSR count). The van der Waals surface area contributed by atoms with Gasteiger partial charge in [0.15, 0.2) is 0 Å². The van der Waals surface area contributed by atoms with Crippen molar-refractivity contribution >= 4 is 11.7 Å². The van der Waals surface area contributed by atoms with E-state index in [1.54, 1.807) is 12.1 Å². The van der Waals surface area contributed by atoms with Crippen LogP contribution >= 0.6 is 0 Å². The van der Waals surface area contributed by atoms with Crippen molar-refractivity contribution in [2.45, 2.75) is 12.1 Å². The van der Waals surface area contributed by atoms with E-state index in [2.05, 4.69) is 5.32 Å². The minimum atomic E-state index is -0.582. The highest BCUT2D eigenvalue weighted by molar-refractivity contribution is 5.89. The normalized spacial score (nSPS) is 22.9. The zero-order chi connectivity index (χ0) is 14.0. The Morgan fingerprint density at radius 1 is 1.42 bits per heavy atom. The lowest BCUT2D eigenvalue weighted by molar-refractivity contribution is 0.113. The van der Waals surface area contributed by atoms with Crippen molar-refractivity contribution in [2.75, 3.05) is 32.5 Å². The number of likely N-dealkylation sites (N-methyl/N-ethyl adjacent to an activating group) is 1. The standard InChI is InChI=1S/C13H18FN3O2/c1-16(2)11-7-17(8-12(11)18)13(19)15-10-6-4-3-5-9(10)14/h3-6,11-12,18H,7-8H2,1-2H3,(H,15,19)/t11-,12-/m0/s1. The number of carbonyl (C=O) groups is 1. The summed E-state index contributed by atoms with van der Waals surface area (Å²) in [5, 5.41) is 12.4. The number of carbonyl (C=O) groups excluding carboxylic acids is 1. The van der Waals surface area contributed by atoms with Gasteiger partial charge in [-0.1, -0.05) is 12.1 Å². The molecule has 0 spiro atoms. The summed E-state index contributed by atoms with van der Waals surface area (Å²) >= 11 is 0. The molecule has 1 heterocycles. The molecule has 5 nitrogen and oxygen atoms in total. The van der Waals surface area contributed by atoms with Gasteiger partial charge in [0, 0.05) is 6.54 Å². The first-order chi connectivity index (χ1) is 8.99. The summed E-state index contributed by atoms with van der Waals surface area (Å²) in [5.74, 6) is -0.472. The van der Waals surface area contributed by atoms with E-state index in [-0.39, 0.29) is 18.3 Å². The molecule has 0 radical (unpaired) electrons. The predicted molar refractivity (Wildman–Crippen MR) is 70.5 cm³/mol. The first-order valence-corrected chi connectivity index (χ1v) is 6.14. The number of nitrogens with one attached hydrogen (secondary N) is 1. The van der Waals surface area contributed by atoms with Gasteiger partial charge in [-0.25, -0.2) is 9.18 Å². The summed E-state index contributed by atoms with van der Waals surface area (Å²) in [7, 11) is 3.71. The zero-order valence-electron chi connectivity index (χ0n) is 11.0. The maximum atomic E-state index is 13.4. The van der Waals surface area contributed by atoms with Crippen molar-refractivity contribution in [1.82, 2.24) is 9.80 Å². The highest BCUT2D eigenvalue weighted by Gasteiger charge is 2.35. The van der Waals surface area contributed by atoms with E-state index in [1.165, 1.54) is 17.0 Å². The minimum absolute atomic E-state index is 0.0913. The number of hydrogen-bond donors (Lipinski definition) is 2. The molecule has 0 saturated carbocycles. The number of aliphatic hydroxyl groups excluding tert-OH is 1. The fourth-order valence-corrected chi connectivity index (χ4v) is 2.20. The van der Waals surface area contributed by atoms with E-state index in [0.29, 0.717) is 6.54 Å². The Balaban J connectivity index is 2.00. The topological polar surface area (TPSA) is 55.8 Å². The first-order valence-electron chi connectivity index (χ1n) is 6.14.